The van der Waals surface area contributed by atoms with Crippen LogP contribution in [0, 0.1) is 11.3 Å². The number of nitrogens with zero attached hydrogens (tertiary/aromatic N) is 2. The average Bonchev–Trinajstić information content (AvgIpc) is 2.47. The minimum Gasteiger partial charge on any atom is -0.495 e. The molecule has 0 radical (unpaired) electrons. The number of rotatable bonds is 5. The Bertz CT molecular complexity index is 484. The molecule has 1 aliphatic heterocycles. The number of morpholine rings is 1. The van der Waals surface area contributed by atoms with E-state index in [1.807, 2.05) is 18.2 Å². The quantitative estimate of drug-likeness (QED) is 0.868. The van der Waals surface area contributed by atoms with Crippen molar-refractivity contribution in [1.29, 1.82) is 5.26 Å². The summed E-state index contributed by atoms with van der Waals surface area (Å²) in [7, 11) is 3.68. The summed E-state index contributed by atoms with van der Waals surface area (Å²) in [5.74, 6) is 0.619. The SMILES string of the molecule is COc1ccc(CNC[C@@H]2CN(C)CCO2)cc1C#N. The van der Waals surface area contributed by atoms with Gasteiger partial charge in [-0.05, 0) is 24.7 Å². The molecule has 1 saturated heterocycles. The number of nitriles is 1. The van der Waals surface area contributed by atoms with Crippen LogP contribution in [0.4, 0.5) is 0 Å². The first-order valence-electron chi connectivity index (χ1n) is 6.81. The summed E-state index contributed by atoms with van der Waals surface area (Å²) in [6, 6.07) is 7.82. The summed E-state index contributed by atoms with van der Waals surface area (Å²) in [6.07, 6.45) is 0.238. The highest BCUT2D eigenvalue weighted by molar-refractivity contribution is 5.45. The standard InChI is InChI=1S/C15H21N3O2/c1-18-5-6-20-14(11-18)10-17-9-12-3-4-15(19-2)13(7-12)8-16/h3-4,7,14,17H,5-6,9-11H2,1-2H3/t14-/m1/s1. The lowest BCUT2D eigenvalue weighted by Crippen LogP contribution is -2.44. The minimum absolute atomic E-state index is 0.238. The predicted octanol–water partition coefficient (Wildman–Crippen LogP) is 0.987. The van der Waals surface area contributed by atoms with Gasteiger partial charge in [0.05, 0.1) is 25.4 Å². The maximum Gasteiger partial charge on any atom is 0.136 e. The van der Waals surface area contributed by atoms with Crippen molar-refractivity contribution in [3.63, 3.8) is 0 Å². The Kier molecular flexibility index (Phi) is 5.36. The molecule has 1 aliphatic rings. The molecule has 1 heterocycles. The van der Waals surface area contributed by atoms with Crippen LogP contribution in [-0.2, 0) is 11.3 Å². The van der Waals surface area contributed by atoms with Gasteiger partial charge in [0.1, 0.15) is 11.8 Å². The van der Waals surface area contributed by atoms with E-state index in [0.29, 0.717) is 11.3 Å². The predicted molar refractivity (Wildman–Crippen MR) is 76.7 cm³/mol. The molecule has 0 bridgehead atoms. The van der Waals surface area contributed by atoms with Crippen molar-refractivity contribution in [1.82, 2.24) is 10.2 Å². The van der Waals surface area contributed by atoms with Gasteiger partial charge in [0.15, 0.2) is 0 Å². The van der Waals surface area contributed by atoms with E-state index in [2.05, 4.69) is 23.3 Å². The zero-order chi connectivity index (χ0) is 14.4. The lowest BCUT2D eigenvalue weighted by molar-refractivity contribution is -0.0182. The van der Waals surface area contributed by atoms with E-state index in [1.165, 1.54) is 0 Å². The van der Waals surface area contributed by atoms with E-state index >= 15 is 0 Å². The minimum atomic E-state index is 0.238. The third-order valence-corrected chi connectivity index (χ3v) is 3.43. The van der Waals surface area contributed by atoms with Gasteiger partial charge in [-0.15, -0.1) is 0 Å². The summed E-state index contributed by atoms with van der Waals surface area (Å²) < 4.78 is 10.8. The molecular weight excluding hydrogens is 254 g/mol. The van der Waals surface area contributed by atoms with Gasteiger partial charge in [0.2, 0.25) is 0 Å². The van der Waals surface area contributed by atoms with E-state index in [1.54, 1.807) is 7.11 Å². The normalized spacial score (nSPS) is 19.6. The van der Waals surface area contributed by atoms with Gasteiger partial charge in [0.25, 0.3) is 0 Å². The van der Waals surface area contributed by atoms with Crippen LogP contribution >= 0.6 is 0 Å². The third-order valence-electron chi connectivity index (χ3n) is 3.43. The molecule has 1 fully saturated rings. The molecule has 20 heavy (non-hydrogen) atoms. The third kappa shape index (κ3) is 3.94. The Labute approximate surface area is 120 Å². The average molecular weight is 275 g/mol. The van der Waals surface area contributed by atoms with Crippen molar-refractivity contribution in [2.24, 2.45) is 0 Å². The second-order valence-corrected chi connectivity index (χ2v) is 5.03. The van der Waals surface area contributed by atoms with Crippen molar-refractivity contribution in [3.05, 3.63) is 29.3 Å². The van der Waals surface area contributed by atoms with Crippen LogP contribution in [0.3, 0.4) is 0 Å². The highest BCUT2D eigenvalue weighted by atomic mass is 16.5. The van der Waals surface area contributed by atoms with E-state index in [9.17, 15) is 0 Å². The molecule has 1 atom stereocenters. The Morgan fingerprint density at radius 3 is 3.10 bits per heavy atom. The van der Waals surface area contributed by atoms with Gasteiger partial charge >= 0.3 is 0 Å². The molecule has 0 unspecified atom stereocenters. The molecule has 0 aliphatic carbocycles. The van der Waals surface area contributed by atoms with Crippen LogP contribution in [0.1, 0.15) is 11.1 Å². The molecule has 5 nitrogen and oxygen atoms in total. The lowest BCUT2D eigenvalue weighted by Gasteiger charge is -2.30. The van der Waals surface area contributed by atoms with Crippen molar-refractivity contribution < 1.29 is 9.47 Å². The highest BCUT2D eigenvalue weighted by Gasteiger charge is 2.16. The Morgan fingerprint density at radius 2 is 2.40 bits per heavy atom. The first-order valence-corrected chi connectivity index (χ1v) is 6.81. The molecule has 0 spiro atoms. The van der Waals surface area contributed by atoms with Crippen LogP contribution in [0.5, 0.6) is 5.75 Å². The second kappa shape index (κ2) is 7.25. The summed E-state index contributed by atoms with van der Waals surface area (Å²) in [6.45, 7) is 4.30. The molecule has 1 aromatic rings. The maximum atomic E-state index is 9.06. The molecule has 0 aromatic heterocycles. The molecule has 0 saturated carbocycles. The van der Waals surface area contributed by atoms with E-state index < -0.39 is 0 Å². The first kappa shape index (κ1) is 14.8. The molecule has 2 rings (SSSR count). The number of hydrogen-bond donors (Lipinski definition) is 1. The topological polar surface area (TPSA) is 57.5 Å². The maximum absolute atomic E-state index is 9.06. The Morgan fingerprint density at radius 1 is 1.55 bits per heavy atom. The summed E-state index contributed by atoms with van der Waals surface area (Å²) >= 11 is 0. The fourth-order valence-corrected chi connectivity index (χ4v) is 2.32. The largest absolute Gasteiger partial charge is 0.495 e. The van der Waals surface area contributed by atoms with Gasteiger partial charge in [-0.1, -0.05) is 6.07 Å². The van der Waals surface area contributed by atoms with Crippen LogP contribution in [0.2, 0.25) is 0 Å². The zero-order valence-corrected chi connectivity index (χ0v) is 12.1. The highest BCUT2D eigenvalue weighted by Crippen LogP contribution is 2.18. The first-order chi connectivity index (χ1) is 9.72. The van der Waals surface area contributed by atoms with Crippen molar-refractivity contribution in [2.75, 3.05) is 40.4 Å². The number of methoxy groups -OCH3 is 1. The van der Waals surface area contributed by atoms with Gasteiger partial charge in [-0.3, -0.25) is 0 Å². The van der Waals surface area contributed by atoms with Crippen molar-refractivity contribution in [3.8, 4) is 11.8 Å². The van der Waals surface area contributed by atoms with Gasteiger partial charge in [-0.2, -0.15) is 5.26 Å². The van der Waals surface area contributed by atoms with Gasteiger partial charge in [-0.25, -0.2) is 0 Å². The molecule has 1 N–H and O–H groups in total. The van der Waals surface area contributed by atoms with E-state index in [0.717, 1.165) is 38.3 Å². The van der Waals surface area contributed by atoms with Gasteiger partial charge < -0.3 is 19.7 Å². The van der Waals surface area contributed by atoms with Crippen LogP contribution in [0.15, 0.2) is 18.2 Å². The summed E-state index contributed by atoms with van der Waals surface area (Å²) in [4.78, 5) is 2.27. The fourth-order valence-electron chi connectivity index (χ4n) is 2.32. The number of nitrogens with one attached hydrogen (secondary N) is 1. The number of ether oxygens (including phenoxy) is 2. The summed E-state index contributed by atoms with van der Waals surface area (Å²) in [5.41, 5.74) is 1.65. The monoisotopic (exact) mass is 275 g/mol. The van der Waals surface area contributed by atoms with E-state index in [-0.39, 0.29) is 6.10 Å². The van der Waals surface area contributed by atoms with Crippen molar-refractivity contribution in [2.45, 2.75) is 12.6 Å². The Hall–Kier alpha value is -1.61. The number of hydrogen-bond acceptors (Lipinski definition) is 5. The van der Waals surface area contributed by atoms with E-state index in [4.69, 9.17) is 14.7 Å². The van der Waals surface area contributed by atoms with Crippen molar-refractivity contribution >= 4 is 0 Å². The molecule has 1 aromatic carbocycles. The Balaban J connectivity index is 1.83. The molecule has 108 valence electrons. The second-order valence-electron chi connectivity index (χ2n) is 5.03. The number of likely N-dealkylation sites (N-methyl/N-ethyl adjacent to an activating group) is 1. The van der Waals surface area contributed by atoms with Crippen LogP contribution in [-0.4, -0.2) is 51.4 Å². The van der Waals surface area contributed by atoms with Gasteiger partial charge in [0, 0.05) is 26.2 Å². The van der Waals surface area contributed by atoms with Crippen LogP contribution in [0.25, 0.3) is 0 Å². The molecular formula is C15H21N3O2. The van der Waals surface area contributed by atoms with Crippen LogP contribution < -0.4 is 10.1 Å². The number of benzene rings is 1. The lowest BCUT2D eigenvalue weighted by atomic mass is 10.1. The zero-order valence-electron chi connectivity index (χ0n) is 12.1. The molecule has 5 heteroatoms. The fraction of sp³-hybridized carbons (Fsp3) is 0.533. The summed E-state index contributed by atoms with van der Waals surface area (Å²) in [5, 5.41) is 12.4. The smallest absolute Gasteiger partial charge is 0.136 e. The molecule has 0 amide bonds.